The number of fused-ring (bicyclic) bond motifs is 5. The molecule has 0 aromatic carbocycles. The van der Waals surface area contributed by atoms with Gasteiger partial charge in [0.1, 0.15) is 6.61 Å². The highest BCUT2D eigenvalue weighted by atomic mass is 16.6. The Kier molecular flexibility index (Phi) is 4.61. The first-order chi connectivity index (χ1) is 13.2. The van der Waals surface area contributed by atoms with E-state index in [1.165, 1.54) is 12.5 Å². The van der Waals surface area contributed by atoms with Gasteiger partial charge in [0.2, 0.25) is 5.78 Å². The number of rotatable bonds is 3. The molecule has 0 aliphatic heterocycles. The van der Waals surface area contributed by atoms with Crippen LogP contribution in [-0.2, 0) is 19.1 Å². The highest BCUT2D eigenvalue weighted by Crippen LogP contribution is 2.68. The van der Waals surface area contributed by atoms with Crippen LogP contribution >= 0.6 is 0 Å². The van der Waals surface area contributed by atoms with Crippen molar-refractivity contribution in [3.63, 3.8) is 0 Å². The number of ether oxygens (including phenoxy) is 1. The van der Waals surface area contributed by atoms with Gasteiger partial charge in [0.25, 0.3) is 0 Å². The van der Waals surface area contributed by atoms with E-state index in [1.54, 1.807) is 0 Å². The van der Waals surface area contributed by atoms with Gasteiger partial charge in [-0.25, -0.2) is 0 Å². The number of ketones is 2. The molecular weight excluding hydrogens is 356 g/mol. The van der Waals surface area contributed by atoms with E-state index in [-0.39, 0.29) is 17.0 Å². The Bertz CT molecular complexity index is 754. The molecule has 3 fully saturated rings. The quantitative estimate of drug-likeness (QED) is 0.750. The van der Waals surface area contributed by atoms with Crippen molar-refractivity contribution in [2.75, 3.05) is 6.61 Å². The molecule has 0 radical (unpaired) electrons. The van der Waals surface area contributed by atoms with Crippen molar-refractivity contribution in [2.24, 2.45) is 28.6 Å². The zero-order chi connectivity index (χ0) is 20.3. The second-order valence-electron chi connectivity index (χ2n) is 9.97. The standard InChI is InChI=1S/C23H32O5/c1-14(25)28-23(20(27)13-24)11-8-19-17-5-4-15-12-16(26)6-9-21(15,2)18(17)7-10-22(19,23)3/h12,17-19,24H,4-11,13H2,1-3H3/t17-,18+,19-,21+,22+,23+/m1/s1. The summed E-state index contributed by atoms with van der Waals surface area (Å²) in [5.74, 6) is 0.746. The van der Waals surface area contributed by atoms with Crippen molar-refractivity contribution in [3.05, 3.63) is 11.6 Å². The van der Waals surface area contributed by atoms with E-state index in [0.717, 1.165) is 38.5 Å². The topological polar surface area (TPSA) is 80.7 Å². The van der Waals surface area contributed by atoms with Crippen LogP contribution < -0.4 is 0 Å². The van der Waals surface area contributed by atoms with E-state index in [0.29, 0.717) is 30.6 Å². The van der Waals surface area contributed by atoms with Gasteiger partial charge in [-0.1, -0.05) is 19.4 Å². The number of hydrogen-bond acceptors (Lipinski definition) is 5. The minimum atomic E-state index is -1.19. The molecule has 4 aliphatic carbocycles. The zero-order valence-corrected chi connectivity index (χ0v) is 17.3. The molecule has 4 rings (SSSR count). The first kappa shape index (κ1) is 19.8. The number of esters is 1. The second kappa shape index (κ2) is 6.51. The molecule has 0 heterocycles. The van der Waals surface area contributed by atoms with Crippen LogP contribution in [0, 0.1) is 28.6 Å². The third-order valence-corrected chi connectivity index (χ3v) is 8.99. The van der Waals surface area contributed by atoms with Gasteiger partial charge < -0.3 is 9.84 Å². The molecule has 3 saturated carbocycles. The fourth-order valence-corrected chi connectivity index (χ4v) is 7.61. The van der Waals surface area contributed by atoms with Gasteiger partial charge in [0.15, 0.2) is 11.4 Å². The lowest BCUT2D eigenvalue weighted by molar-refractivity contribution is -0.189. The molecule has 0 aromatic heterocycles. The largest absolute Gasteiger partial charge is 0.451 e. The number of carbonyl (C=O) groups excluding carboxylic acids is 3. The predicted molar refractivity (Wildman–Crippen MR) is 103 cm³/mol. The van der Waals surface area contributed by atoms with Crippen molar-refractivity contribution in [2.45, 2.75) is 77.7 Å². The summed E-state index contributed by atoms with van der Waals surface area (Å²) in [6.07, 6.45) is 8.59. The van der Waals surface area contributed by atoms with Gasteiger partial charge in [-0.2, -0.15) is 0 Å². The van der Waals surface area contributed by atoms with Crippen molar-refractivity contribution in [1.29, 1.82) is 0 Å². The molecule has 0 amide bonds. The van der Waals surface area contributed by atoms with Crippen LogP contribution in [0.5, 0.6) is 0 Å². The lowest BCUT2D eigenvalue weighted by atomic mass is 9.46. The summed E-state index contributed by atoms with van der Waals surface area (Å²) < 4.78 is 5.75. The van der Waals surface area contributed by atoms with Gasteiger partial charge in [-0.05, 0) is 74.2 Å². The highest BCUT2D eigenvalue weighted by molar-refractivity contribution is 5.92. The lowest BCUT2D eigenvalue weighted by Crippen LogP contribution is -2.59. The number of allylic oxidation sites excluding steroid dienone is 1. The molecule has 0 bridgehead atoms. The molecule has 0 unspecified atom stereocenters. The third kappa shape index (κ3) is 2.51. The van der Waals surface area contributed by atoms with Crippen LogP contribution in [0.1, 0.15) is 72.1 Å². The third-order valence-electron chi connectivity index (χ3n) is 8.99. The summed E-state index contributed by atoms with van der Waals surface area (Å²) >= 11 is 0. The van der Waals surface area contributed by atoms with E-state index in [2.05, 4.69) is 13.8 Å². The van der Waals surface area contributed by atoms with Crippen LogP contribution in [-0.4, -0.2) is 34.9 Å². The van der Waals surface area contributed by atoms with Crippen molar-refractivity contribution < 1.29 is 24.2 Å². The Hall–Kier alpha value is -1.49. The number of Topliss-reactive ketones (excluding diaryl/α,β-unsaturated/α-hetero) is 1. The van der Waals surface area contributed by atoms with Crippen molar-refractivity contribution >= 4 is 17.5 Å². The summed E-state index contributed by atoms with van der Waals surface area (Å²) in [5.41, 5.74) is -0.222. The van der Waals surface area contributed by atoms with Gasteiger partial charge in [-0.3, -0.25) is 14.4 Å². The molecule has 6 atom stereocenters. The maximum absolute atomic E-state index is 12.8. The Morgan fingerprint density at radius 1 is 1.11 bits per heavy atom. The summed E-state index contributed by atoms with van der Waals surface area (Å²) in [6, 6.07) is 0. The van der Waals surface area contributed by atoms with Crippen LogP contribution in [0.25, 0.3) is 0 Å². The normalized spacial score (nSPS) is 44.8. The minimum Gasteiger partial charge on any atom is -0.451 e. The number of hydrogen-bond donors (Lipinski definition) is 1. The molecule has 0 spiro atoms. The SMILES string of the molecule is CC(=O)O[C@]1(C(=O)CO)CC[C@@H]2[C@@H]3CCC4=CC(=O)CC[C@]4(C)[C@H]3CC[C@@]21C. The maximum atomic E-state index is 12.8. The van der Waals surface area contributed by atoms with E-state index in [9.17, 15) is 19.5 Å². The number of aliphatic hydroxyl groups excluding tert-OH is 1. The highest BCUT2D eigenvalue weighted by Gasteiger charge is 2.68. The smallest absolute Gasteiger partial charge is 0.303 e. The first-order valence-electron chi connectivity index (χ1n) is 10.8. The van der Waals surface area contributed by atoms with E-state index < -0.39 is 23.6 Å². The van der Waals surface area contributed by atoms with Crippen LogP contribution in [0.3, 0.4) is 0 Å². The molecule has 0 saturated heterocycles. The monoisotopic (exact) mass is 388 g/mol. The Morgan fingerprint density at radius 2 is 1.82 bits per heavy atom. The second-order valence-corrected chi connectivity index (χ2v) is 9.97. The van der Waals surface area contributed by atoms with Crippen LogP contribution in [0.4, 0.5) is 0 Å². The molecule has 28 heavy (non-hydrogen) atoms. The van der Waals surface area contributed by atoms with E-state index >= 15 is 0 Å². The summed E-state index contributed by atoms with van der Waals surface area (Å²) in [4.78, 5) is 36.7. The van der Waals surface area contributed by atoms with Crippen LogP contribution in [0.2, 0.25) is 0 Å². The van der Waals surface area contributed by atoms with Crippen molar-refractivity contribution in [3.8, 4) is 0 Å². The van der Waals surface area contributed by atoms with Gasteiger partial charge in [0, 0.05) is 18.8 Å². The molecule has 154 valence electrons. The van der Waals surface area contributed by atoms with Crippen LogP contribution in [0.15, 0.2) is 11.6 Å². The molecule has 4 aliphatic rings. The first-order valence-corrected chi connectivity index (χ1v) is 10.8. The Morgan fingerprint density at radius 3 is 2.50 bits per heavy atom. The molecular formula is C23H32O5. The van der Waals surface area contributed by atoms with Crippen molar-refractivity contribution in [1.82, 2.24) is 0 Å². The summed E-state index contributed by atoms with van der Waals surface area (Å²) in [5, 5.41) is 9.65. The van der Waals surface area contributed by atoms with E-state index in [4.69, 9.17) is 4.74 Å². The van der Waals surface area contributed by atoms with Gasteiger partial charge >= 0.3 is 5.97 Å². The predicted octanol–water partition coefficient (Wildman–Crippen LogP) is 3.38. The zero-order valence-electron chi connectivity index (χ0n) is 17.3. The maximum Gasteiger partial charge on any atom is 0.303 e. The average molecular weight is 389 g/mol. The van der Waals surface area contributed by atoms with Gasteiger partial charge in [-0.15, -0.1) is 0 Å². The molecule has 5 nitrogen and oxygen atoms in total. The fourth-order valence-electron chi connectivity index (χ4n) is 7.61. The molecule has 0 aromatic rings. The average Bonchev–Trinajstić information content (AvgIpc) is 2.94. The Balaban J connectivity index is 1.70. The minimum absolute atomic E-state index is 0.0752. The summed E-state index contributed by atoms with van der Waals surface area (Å²) in [6.45, 7) is 5.20. The summed E-state index contributed by atoms with van der Waals surface area (Å²) in [7, 11) is 0. The number of aliphatic hydroxyl groups is 1. The molecule has 1 N–H and O–H groups in total. The Labute approximate surface area is 166 Å². The number of carbonyl (C=O) groups is 3. The fraction of sp³-hybridized carbons (Fsp3) is 0.783. The lowest BCUT2D eigenvalue weighted by Gasteiger charge is -2.59. The van der Waals surface area contributed by atoms with Gasteiger partial charge in [0.05, 0.1) is 0 Å². The molecule has 5 heteroatoms. The van der Waals surface area contributed by atoms with E-state index in [1.807, 2.05) is 6.08 Å².